The summed E-state index contributed by atoms with van der Waals surface area (Å²) in [5.41, 5.74) is 3.70. The van der Waals surface area contributed by atoms with Crippen LogP contribution in [0.4, 0.5) is 8.78 Å². The van der Waals surface area contributed by atoms with E-state index < -0.39 is 24.1 Å². The molecule has 0 amide bonds. The number of carbonyl (C=O) groups excluding carboxylic acids is 1. The Morgan fingerprint density at radius 3 is 2.17 bits per heavy atom. The number of rotatable bonds is 6. The van der Waals surface area contributed by atoms with E-state index in [1.165, 1.54) is 12.1 Å². The van der Waals surface area contributed by atoms with Crippen LogP contribution in [-0.2, 0) is 9.53 Å². The number of aryl methyl sites for hydroxylation is 3. The molecule has 1 fully saturated rings. The molecule has 3 aromatic carbocycles. The van der Waals surface area contributed by atoms with Crippen LogP contribution in [0.5, 0.6) is 5.75 Å². The standard InChI is InChI=1S/C28H27ClF2O4/c1-15-8-22(28(23(29)9-15)34-14-21-12-20(32)13-26(33)35-21)27(18-6-4-16(2)24(30)10-18)19-7-5-17(3)25(31)11-19/h4-11,20-21,27,32H,12-14H2,1-3H3. The number of halogens is 3. The fourth-order valence-corrected chi connectivity index (χ4v) is 4.73. The monoisotopic (exact) mass is 500 g/mol. The van der Waals surface area contributed by atoms with Gasteiger partial charge >= 0.3 is 5.97 Å². The van der Waals surface area contributed by atoms with Crippen molar-refractivity contribution in [3.63, 3.8) is 0 Å². The number of benzene rings is 3. The third-order valence-corrected chi connectivity index (χ3v) is 6.52. The number of esters is 1. The number of ether oxygens (including phenoxy) is 2. The Hall–Kier alpha value is -2.96. The molecule has 0 aromatic heterocycles. The molecular formula is C28H27ClF2O4. The second kappa shape index (κ2) is 10.3. The molecule has 0 bridgehead atoms. The van der Waals surface area contributed by atoms with Crippen molar-refractivity contribution >= 4 is 17.6 Å². The zero-order valence-corrected chi connectivity index (χ0v) is 20.5. The molecule has 1 heterocycles. The van der Waals surface area contributed by atoms with E-state index in [1.807, 2.05) is 13.0 Å². The van der Waals surface area contributed by atoms with Gasteiger partial charge in [-0.1, -0.05) is 41.9 Å². The third kappa shape index (κ3) is 5.65. The van der Waals surface area contributed by atoms with E-state index in [1.54, 1.807) is 44.2 Å². The summed E-state index contributed by atoms with van der Waals surface area (Å²) in [7, 11) is 0. The summed E-state index contributed by atoms with van der Waals surface area (Å²) < 4.78 is 40.7. The molecule has 0 spiro atoms. The van der Waals surface area contributed by atoms with Crippen LogP contribution in [0.3, 0.4) is 0 Å². The second-order valence-electron chi connectivity index (χ2n) is 9.13. The van der Waals surface area contributed by atoms with Crippen LogP contribution in [0.25, 0.3) is 0 Å². The Bertz CT molecular complexity index is 1210. The predicted octanol–water partition coefficient (Wildman–Crippen LogP) is 6.17. The highest BCUT2D eigenvalue weighted by Gasteiger charge is 2.29. The molecule has 4 rings (SSSR count). The lowest BCUT2D eigenvalue weighted by Crippen LogP contribution is -2.36. The van der Waals surface area contributed by atoms with Crippen LogP contribution >= 0.6 is 11.6 Å². The Balaban J connectivity index is 1.81. The summed E-state index contributed by atoms with van der Waals surface area (Å²) in [5.74, 6) is -1.48. The number of hydrogen-bond donors (Lipinski definition) is 1. The topological polar surface area (TPSA) is 55.8 Å². The van der Waals surface area contributed by atoms with Crippen molar-refractivity contribution < 1.29 is 28.2 Å². The van der Waals surface area contributed by atoms with Crippen LogP contribution in [0, 0.1) is 32.4 Å². The van der Waals surface area contributed by atoms with E-state index in [0.717, 1.165) is 5.56 Å². The normalized spacial score (nSPS) is 18.0. The van der Waals surface area contributed by atoms with E-state index >= 15 is 0 Å². The van der Waals surface area contributed by atoms with Gasteiger partial charge in [-0.2, -0.15) is 0 Å². The van der Waals surface area contributed by atoms with E-state index in [9.17, 15) is 18.7 Å². The summed E-state index contributed by atoms with van der Waals surface area (Å²) in [6.45, 7) is 5.21. The number of cyclic esters (lactones) is 1. The quantitative estimate of drug-likeness (QED) is 0.325. The summed E-state index contributed by atoms with van der Waals surface area (Å²) in [6.07, 6.45) is -1.23. The first-order valence-corrected chi connectivity index (χ1v) is 11.8. The van der Waals surface area contributed by atoms with Crippen molar-refractivity contribution in [3.05, 3.63) is 98.6 Å². The van der Waals surface area contributed by atoms with Gasteiger partial charge in [0.25, 0.3) is 0 Å². The number of hydrogen-bond acceptors (Lipinski definition) is 4. The molecule has 0 radical (unpaired) electrons. The molecular weight excluding hydrogens is 474 g/mol. The molecule has 4 nitrogen and oxygen atoms in total. The summed E-state index contributed by atoms with van der Waals surface area (Å²) in [4.78, 5) is 11.7. The molecule has 0 aliphatic carbocycles. The first-order chi connectivity index (χ1) is 16.6. The molecule has 184 valence electrons. The minimum Gasteiger partial charge on any atom is -0.488 e. The van der Waals surface area contributed by atoms with Crippen molar-refractivity contribution in [2.75, 3.05) is 6.61 Å². The molecule has 1 aliphatic heterocycles. The minimum atomic E-state index is -0.795. The number of carbonyl (C=O) groups is 1. The fraction of sp³-hybridized carbons (Fsp3) is 0.321. The van der Waals surface area contributed by atoms with Gasteiger partial charge in [0, 0.05) is 17.9 Å². The molecule has 1 aliphatic rings. The highest BCUT2D eigenvalue weighted by Crippen LogP contribution is 2.42. The van der Waals surface area contributed by atoms with Crippen LogP contribution in [0.1, 0.15) is 52.1 Å². The SMILES string of the molecule is Cc1cc(Cl)c(OCC2CC(O)CC(=O)O2)c(C(c2ccc(C)c(F)c2)c2ccc(C)c(F)c2)c1. The molecule has 2 atom stereocenters. The smallest absolute Gasteiger partial charge is 0.308 e. The molecule has 0 saturated carbocycles. The van der Waals surface area contributed by atoms with Gasteiger partial charge in [-0.3, -0.25) is 4.79 Å². The zero-order chi connectivity index (χ0) is 25.3. The van der Waals surface area contributed by atoms with E-state index in [-0.39, 0.29) is 31.1 Å². The highest BCUT2D eigenvalue weighted by atomic mass is 35.5. The van der Waals surface area contributed by atoms with Gasteiger partial charge < -0.3 is 14.6 Å². The van der Waals surface area contributed by atoms with Gasteiger partial charge in [0.05, 0.1) is 17.5 Å². The molecule has 1 saturated heterocycles. The maximum Gasteiger partial charge on any atom is 0.308 e. The predicted molar refractivity (Wildman–Crippen MR) is 130 cm³/mol. The largest absolute Gasteiger partial charge is 0.488 e. The Morgan fingerprint density at radius 1 is 1.03 bits per heavy atom. The number of aliphatic hydroxyl groups excluding tert-OH is 1. The lowest BCUT2D eigenvalue weighted by molar-refractivity contribution is -0.162. The van der Waals surface area contributed by atoms with E-state index in [4.69, 9.17) is 21.1 Å². The molecule has 35 heavy (non-hydrogen) atoms. The van der Waals surface area contributed by atoms with Gasteiger partial charge in [0.1, 0.15) is 30.1 Å². The third-order valence-electron chi connectivity index (χ3n) is 6.24. The maximum atomic E-state index is 14.6. The number of aliphatic hydroxyl groups is 1. The van der Waals surface area contributed by atoms with Crippen molar-refractivity contribution in [1.82, 2.24) is 0 Å². The van der Waals surface area contributed by atoms with E-state index in [2.05, 4.69) is 0 Å². The summed E-state index contributed by atoms with van der Waals surface area (Å²) in [5, 5.41) is 10.2. The Kier molecular flexibility index (Phi) is 7.43. The van der Waals surface area contributed by atoms with Gasteiger partial charge in [0.15, 0.2) is 0 Å². The Morgan fingerprint density at radius 2 is 1.63 bits per heavy atom. The van der Waals surface area contributed by atoms with Crippen LogP contribution < -0.4 is 4.74 Å². The Labute approximate surface area is 208 Å². The van der Waals surface area contributed by atoms with Crippen LogP contribution in [-0.4, -0.2) is 29.9 Å². The maximum absolute atomic E-state index is 14.6. The van der Waals surface area contributed by atoms with Crippen molar-refractivity contribution in [2.45, 2.75) is 51.7 Å². The second-order valence-corrected chi connectivity index (χ2v) is 9.54. The fourth-order valence-electron chi connectivity index (χ4n) is 4.39. The first-order valence-electron chi connectivity index (χ1n) is 11.4. The minimum absolute atomic E-state index is 0.0180. The van der Waals surface area contributed by atoms with Gasteiger partial charge in [-0.25, -0.2) is 8.78 Å². The summed E-state index contributed by atoms with van der Waals surface area (Å²) in [6, 6.07) is 13.5. The molecule has 2 unspecified atom stereocenters. The first kappa shape index (κ1) is 25.1. The van der Waals surface area contributed by atoms with Crippen LogP contribution in [0.15, 0.2) is 48.5 Å². The van der Waals surface area contributed by atoms with Crippen molar-refractivity contribution in [3.8, 4) is 5.75 Å². The van der Waals surface area contributed by atoms with Crippen LogP contribution in [0.2, 0.25) is 5.02 Å². The molecule has 3 aromatic rings. The highest BCUT2D eigenvalue weighted by molar-refractivity contribution is 6.32. The molecule has 7 heteroatoms. The van der Waals surface area contributed by atoms with E-state index in [0.29, 0.717) is 38.6 Å². The van der Waals surface area contributed by atoms with Crippen molar-refractivity contribution in [1.29, 1.82) is 0 Å². The zero-order valence-electron chi connectivity index (χ0n) is 19.8. The average molecular weight is 501 g/mol. The molecule has 1 N–H and O–H groups in total. The summed E-state index contributed by atoms with van der Waals surface area (Å²) >= 11 is 6.61. The average Bonchev–Trinajstić information content (AvgIpc) is 2.77. The van der Waals surface area contributed by atoms with Gasteiger partial charge in [0.2, 0.25) is 0 Å². The van der Waals surface area contributed by atoms with Gasteiger partial charge in [-0.15, -0.1) is 0 Å². The van der Waals surface area contributed by atoms with Crippen molar-refractivity contribution in [2.24, 2.45) is 0 Å². The van der Waals surface area contributed by atoms with Gasteiger partial charge in [-0.05, 0) is 66.8 Å². The lowest BCUT2D eigenvalue weighted by atomic mass is 9.83. The lowest BCUT2D eigenvalue weighted by Gasteiger charge is -2.28.